The maximum atomic E-state index is 5.83. The molecular formula is C15H25NO. The maximum Gasteiger partial charge on any atom is 0.119 e. The van der Waals surface area contributed by atoms with E-state index in [4.69, 9.17) is 4.74 Å². The van der Waals surface area contributed by atoms with E-state index in [1.807, 2.05) is 13.1 Å². The summed E-state index contributed by atoms with van der Waals surface area (Å²) >= 11 is 0. The molecule has 0 heterocycles. The monoisotopic (exact) mass is 235 g/mol. The number of hydrogen-bond acceptors (Lipinski definition) is 2. The number of hydrogen-bond donors (Lipinski definition) is 1. The van der Waals surface area contributed by atoms with Crippen molar-refractivity contribution in [1.82, 2.24) is 5.32 Å². The Balaban J connectivity index is 2.43. The molecule has 2 nitrogen and oxygen atoms in total. The molecule has 0 spiro atoms. The first-order valence-corrected chi connectivity index (χ1v) is 6.48. The molecule has 0 fully saturated rings. The van der Waals surface area contributed by atoms with Crippen molar-refractivity contribution in [3.05, 3.63) is 29.8 Å². The van der Waals surface area contributed by atoms with Crippen LogP contribution < -0.4 is 10.1 Å². The molecule has 0 amide bonds. The minimum absolute atomic E-state index is 0.614. The molecule has 0 saturated carbocycles. The molecule has 1 aromatic rings. The van der Waals surface area contributed by atoms with E-state index in [2.05, 4.69) is 44.3 Å². The molecule has 1 unspecified atom stereocenters. The summed E-state index contributed by atoms with van der Waals surface area (Å²) in [6.45, 7) is 8.45. The molecule has 1 atom stereocenters. The molecule has 0 aromatic heterocycles. The quantitative estimate of drug-likeness (QED) is 0.781. The second-order valence-electron chi connectivity index (χ2n) is 5.22. The van der Waals surface area contributed by atoms with Crippen molar-refractivity contribution in [2.75, 3.05) is 13.7 Å². The van der Waals surface area contributed by atoms with Crippen LogP contribution in [0.4, 0.5) is 0 Å². The van der Waals surface area contributed by atoms with Gasteiger partial charge in [0, 0.05) is 6.54 Å². The van der Waals surface area contributed by atoms with Gasteiger partial charge in [0.1, 0.15) is 5.75 Å². The highest BCUT2D eigenvalue weighted by atomic mass is 16.5. The zero-order valence-corrected chi connectivity index (χ0v) is 11.5. The van der Waals surface area contributed by atoms with E-state index < -0.39 is 0 Å². The first-order valence-electron chi connectivity index (χ1n) is 6.48. The Morgan fingerprint density at radius 1 is 1.24 bits per heavy atom. The molecule has 17 heavy (non-hydrogen) atoms. The van der Waals surface area contributed by atoms with Crippen molar-refractivity contribution in [1.29, 1.82) is 0 Å². The predicted octanol–water partition coefficient (Wildman–Crippen LogP) is 3.47. The molecule has 0 radical (unpaired) electrons. The number of nitrogens with one attached hydrogen (secondary N) is 1. The summed E-state index contributed by atoms with van der Waals surface area (Å²) in [6.07, 6.45) is 1.22. The molecule has 0 aliphatic rings. The summed E-state index contributed by atoms with van der Waals surface area (Å²) in [5, 5.41) is 3.15. The van der Waals surface area contributed by atoms with E-state index in [9.17, 15) is 0 Å². The third kappa shape index (κ3) is 5.73. The Kier molecular flexibility index (Phi) is 6.06. The zero-order valence-electron chi connectivity index (χ0n) is 11.5. The minimum atomic E-state index is 0.614. The second-order valence-corrected chi connectivity index (χ2v) is 5.22. The van der Waals surface area contributed by atoms with Crippen LogP contribution in [0.1, 0.15) is 32.8 Å². The second kappa shape index (κ2) is 7.33. The highest BCUT2D eigenvalue weighted by Crippen LogP contribution is 2.16. The number of benzene rings is 1. The van der Waals surface area contributed by atoms with Gasteiger partial charge in [-0.1, -0.05) is 32.9 Å². The zero-order chi connectivity index (χ0) is 12.7. The minimum Gasteiger partial charge on any atom is -0.493 e. The lowest BCUT2D eigenvalue weighted by Crippen LogP contribution is -2.11. The normalized spacial score (nSPS) is 12.8. The summed E-state index contributed by atoms with van der Waals surface area (Å²) in [5.74, 6) is 2.33. The van der Waals surface area contributed by atoms with Crippen LogP contribution in [0.15, 0.2) is 24.3 Å². The molecular weight excluding hydrogens is 210 g/mol. The van der Waals surface area contributed by atoms with E-state index in [0.29, 0.717) is 5.92 Å². The van der Waals surface area contributed by atoms with Crippen molar-refractivity contribution >= 4 is 0 Å². The Morgan fingerprint density at radius 2 is 2.00 bits per heavy atom. The van der Waals surface area contributed by atoms with Crippen molar-refractivity contribution < 1.29 is 4.74 Å². The van der Waals surface area contributed by atoms with Gasteiger partial charge in [0.25, 0.3) is 0 Å². The van der Waals surface area contributed by atoms with Crippen LogP contribution in [-0.2, 0) is 6.54 Å². The number of ether oxygens (including phenoxy) is 1. The fourth-order valence-corrected chi connectivity index (χ4v) is 2.06. The van der Waals surface area contributed by atoms with Gasteiger partial charge in [-0.15, -0.1) is 0 Å². The van der Waals surface area contributed by atoms with Crippen LogP contribution in [0.25, 0.3) is 0 Å². The van der Waals surface area contributed by atoms with Crippen LogP contribution in [-0.4, -0.2) is 13.7 Å². The van der Waals surface area contributed by atoms with Crippen LogP contribution in [0.5, 0.6) is 5.75 Å². The smallest absolute Gasteiger partial charge is 0.119 e. The van der Waals surface area contributed by atoms with Gasteiger partial charge in [0.2, 0.25) is 0 Å². The van der Waals surface area contributed by atoms with Gasteiger partial charge in [0.15, 0.2) is 0 Å². The van der Waals surface area contributed by atoms with Crippen molar-refractivity contribution in [2.45, 2.75) is 33.7 Å². The molecule has 1 aromatic carbocycles. The summed E-state index contributed by atoms with van der Waals surface area (Å²) in [5.41, 5.74) is 1.27. The van der Waals surface area contributed by atoms with Gasteiger partial charge in [-0.3, -0.25) is 0 Å². The Bertz CT molecular complexity index is 322. The Hall–Kier alpha value is -1.02. The van der Waals surface area contributed by atoms with E-state index in [0.717, 1.165) is 24.8 Å². The molecule has 96 valence electrons. The molecule has 0 bridgehead atoms. The largest absolute Gasteiger partial charge is 0.493 e. The van der Waals surface area contributed by atoms with E-state index >= 15 is 0 Å². The molecule has 1 rings (SSSR count). The van der Waals surface area contributed by atoms with E-state index in [1.54, 1.807) is 0 Å². The summed E-state index contributed by atoms with van der Waals surface area (Å²) < 4.78 is 5.83. The lowest BCUT2D eigenvalue weighted by atomic mass is 10.00. The van der Waals surface area contributed by atoms with Gasteiger partial charge in [-0.25, -0.2) is 0 Å². The van der Waals surface area contributed by atoms with Gasteiger partial charge >= 0.3 is 0 Å². The van der Waals surface area contributed by atoms with Crippen molar-refractivity contribution in [3.63, 3.8) is 0 Å². The third-order valence-electron chi connectivity index (χ3n) is 2.69. The van der Waals surface area contributed by atoms with Gasteiger partial charge in [0.05, 0.1) is 6.61 Å². The van der Waals surface area contributed by atoms with Crippen LogP contribution >= 0.6 is 0 Å². The fourth-order valence-electron chi connectivity index (χ4n) is 2.06. The third-order valence-corrected chi connectivity index (χ3v) is 2.69. The SMILES string of the molecule is CNCc1cccc(OCC(C)CC(C)C)c1. The Labute approximate surface area is 105 Å². The predicted molar refractivity (Wildman–Crippen MR) is 73.3 cm³/mol. The topological polar surface area (TPSA) is 21.3 Å². The van der Waals surface area contributed by atoms with Crippen molar-refractivity contribution in [3.8, 4) is 5.75 Å². The summed E-state index contributed by atoms with van der Waals surface area (Å²) in [6, 6.07) is 8.30. The molecule has 0 aliphatic carbocycles. The standard InChI is InChI=1S/C15H25NO/c1-12(2)8-13(3)11-17-15-7-5-6-14(9-15)10-16-4/h5-7,9,12-13,16H,8,10-11H2,1-4H3. The highest BCUT2D eigenvalue weighted by Gasteiger charge is 2.06. The van der Waals surface area contributed by atoms with Gasteiger partial charge < -0.3 is 10.1 Å². The average molecular weight is 235 g/mol. The summed E-state index contributed by atoms with van der Waals surface area (Å²) in [4.78, 5) is 0. The molecule has 0 saturated heterocycles. The average Bonchev–Trinajstić information content (AvgIpc) is 2.26. The lowest BCUT2D eigenvalue weighted by molar-refractivity contribution is 0.239. The number of rotatable bonds is 7. The Morgan fingerprint density at radius 3 is 2.65 bits per heavy atom. The van der Waals surface area contributed by atoms with Crippen molar-refractivity contribution in [2.24, 2.45) is 11.8 Å². The molecule has 2 heteroatoms. The molecule has 1 N–H and O–H groups in total. The maximum absolute atomic E-state index is 5.83. The van der Waals surface area contributed by atoms with Crippen LogP contribution in [0.2, 0.25) is 0 Å². The lowest BCUT2D eigenvalue weighted by Gasteiger charge is -2.15. The van der Waals surface area contributed by atoms with Gasteiger partial charge in [-0.2, -0.15) is 0 Å². The molecule has 0 aliphatic heterocycles. The first kappa shape index (κ1) is 14.0. The van der Waals surface area contributed by atoms with E-state index in [-0.39, 0.29) is 0 Å². The summed E-state index contributed by atoms with van der Waals surface area (Å²) in [7, 11) is 1.96. The van der Waals surface area contributed by atoms with E-state index in [1.165, 1.54) is 12.0 Å². The van der Waals surface area contributed by atoms with Crippen LogP contribution in [0, 0.1) is 11.8 Å². The first-order chi connectivity index (χ1) is 8.11. The fraction of sp³-hybridized carbons (Fsp3) is 0.600. The highest BCUT2D eigenvalue weighted by molar-refractivity contribution is 5.28. The van der Waals surface area contributed by atoms with Crippen LogP contribution in [0.3, 0.4) is 0 Å². The van der Waals surface area contributed by atoms with Gasteiger partial charge in [-0.05, 0) is 43.0 Å².